The number of hydrogen-bond donors (Lipinski definition) is 0. The minimum absolute atomic E-state index is 0.124. The maximum Gasteiger partial charge on any atom is 0.253 e. The van der Waals surface area contributed by atoms with Crippen LogP contribution in [0.15, 0.2) is 72.1 Å². The summed E-state index contributed by atoms with van der Waals surface area (Å²) in [6.07, 6.45) is 3.67. The Balaban J connectivity index is 1.32. The number of aryl methyl sites for hydroxylation is 1. The van der Waals surface area contributed by atoms with Gasteiger partial charge in [0.15, 0.2) is 5.16 Å². The van der Waals surface area contributed by atoms with E-state index in [4.69, 9.17) is 4.98 Å². The summed E-state index contributed by atoms with van der Waals surface area (Å²) in [6, 6.07) is 18.6. The van der Waals surface area contributed by atoms with Crippen LogP contribution in [0.3, 0.4) is 0 Å². The van der Waals surface area contributed by atoms with Crippen molar-refractivity contribution in [2.24, 2.45) is 0 Å². The summed E-state index contributed by atoms with van der Waals surface area (Å²) in [6.45, 7) is 9.50. The molecule has 6 nitrogen and oxygen atoms in total. The lowest BCUT2D eigenvalue weighted by Crippen LogP contribution is -2.48. The Kier molecular flexibility index (Phi) is 7.16. The lowest BCUT2D eigenvalue weighted by Gasteiger charge is -2.34. The van der Waals surface area contributed by atoms with E-state index in [9.17, 15) is 4.79 Å². The van der Waals surface area contributed by atoms with Gasteiger partial charge in [-0.1, -0.05) is 60.6 Å². The van der Waals surface area contributed by atoms with Crippen molar-refractivity contribution >= 4 is 28.7 Å². The highest BCUT2D eigenvalue weighted by Gasteiger charge is 2.21. The molecule has 1 amide bonds. The molecule has 2 aromatic heterocycles. The predicted octanol–water partition coefficient (Wildman–Crippen LogP) is 4.86. The van der Waals surface area contributed by atoms with E-state index in [1.54, 1.807) is 18.0 Å². The molecule has 0 bridgehead atoms. The van der Waals surface area contributed by atoms with Crippen LogP contribution in [0.2, 0.25) is 0 Å². The maximum absolute atomic E-state index is 13.0. The van der Waals surface area contributed by atoms with Crippen LogP contribution in [0.4, 0.5) is 0 Å². The molecule has 0 unspecified atom stereocenters. The van der Waals surface area contributed by atoms with Crippen LogP contribution >= 0.6 is 11.8 Å². The number of carbonyl (C=O) groups is 1. The SMILES string of the molecule is CCN1CCN(C(=O)c2ccc(Cn3c(SCc4cccc(C)c4)nc4ccncc43)cc2)CC1. The molecule has 1 aliphatic rings. The van der Waals surface area contributed by atoms with Gasteiger partial charge in [0.05, 0.1) is 23.8 Å². The van der Waals surface area contributed by atoms with Gasteiger partial charge in [-0.25, -0.2) is 4.98 Å². The van der Waals surface area contributed by atoms with E-state index < -0.39 is 0 Å². The molecular formula is C28H31N5OS. The molecule has 0 radical (unpaired) electrons. The quantitative estimate of drug-likeness (QED) is 0.350. The molecule has 35 heavy (non-hydrogen) atoms. The average molecular weight is 486 g/mol. The van der Waals surface area contributed by atoms with Crippen LogP contribution in [-0.4, -0.2) is 63.0 Å². The third kappa shape index (κ3) is 5.41. The maximum atomic E-state index is 13.0. The van der Waals surface area contributed by atoms with Gasteiger partial charge in [0.25, 0.3) is 5.91 Å². The molecule has 7 heteroatoms. The molecule has 180 valence electrons. The van der Waals surface area contributed by atoms with Gasteiger partial charge < -0.3 is 14.4 Å². The van der Waals surface area contributed by atoms with Gasteiger partial charge in [-0.05, 0) is 42.8 Å². The zero-order valence-electron chi connectivity index (χ0n) is 20.4. The Labute approximate surface area is 211 Å². The van der Waals surface area contributed by atoms with Crippen LogP contribution in [0.5, 0.6) is 0 Å². The number of pyridine rings is 1. The molecule has 1 fully saturated rings. The van der Waals surface area contributed by atoms with Crippen LogP contribution in [0.25, 0.3) is 11.0 Å². The summed E-state index contributed by atoms with van der Waals surface area (Å²) in [5.41, 5.74) is 6.41. The fraction of sp³-hybridized carbons (Fsp3) is 0.321. The summed E-state index contributed by atoms with van der Waals surface area (Å²) in [4.78, 5) is 26.5. The second-order valence-electron chi connectivity index (χ2n) is 9.05. The predicted molar refractivity (Wildman–Crippen MR) is 142 cm³/mol. The Morgan fingerprint density at radius 1 is 1.00 bits per heavy atom. The van der Waals surface area contributed by atoms with E-state index in [1.165, 1.54) is 11.1 Å². The molecular weight excluding hydrogens is 454 g/mol. The average Bonchev–Trinajstić information content (AvgIpc) is 3.25. The van der Waals surface area contributed by atoms with Gasteiger partial charge in [-0.3, -0.25) is 9.78 Å². The number of likely N-dealkylation sites (N-methyl/N-ethyl adjacent to an activating group) is 1. The van der Waals surface area contributed by atoms with E-state index in [0.717, 1.165) is 65.8 Å². The summed E-state index contributed by atoms with van der Waals surface area (Å²) < 4.78 is 2.23. The number of imidazole rings is 1. The first-order valence-electron chi connectivity index (χ1n) is 12.2. The van der Waals surface area contributed by atoms with Crippen molar-refractivity contribution in [3.63, 3.8) is 0 Å². The van der Waals surface area contributed by atoms with Crippen molar-refractivity contribution in [2.75, 3.05) is 32.7 Å². The van der Waals surface area contributed by atoms with Crippen LogP contribution in [-0.2, 0) is 12.3 Å². The summed E-state index contributed by atoms with van der Waals surface area (Å²) >= 11 is 1.74. The fourth-order valence-electron chi connectivity index (χ4n) is 4.55. The van der Waals surface area contributed by atoms with Gasteiger partial charge in [-0.15, -0.1) is 0 Å². The summed E-state index contributed by atoms with van der Waals surface area (Å²) in [5.74, 6) is 0.982. The van der Waals surface area contributed by atoms with Crippen molar-refractivity contribution in [1.82, 2.24) is 24.3 Å². The number of carbonyl (C=O) groups excluding carboxylic acids is 1. The molecule has 5 rings (SSSR count). The second-order valence-corrected chi connectivity index (χ2v) is 9.99. The molecule has 1 saturated heterocycles. The molecule has 0 saturated carbocycles. The largest absolute Gasteiger partial charge is 0.336 e. The Hall–Kier alpha value is -3.16. The van der Waals surface area contributed by atoms with Crippen molar-refractivity contribution in [3.05, 3.63) is 89.2 Å². The van der Waals surface area contributed by atoms with Crippen LogP contribution in [0.1, 0.15) is 34.0 Å². The van der Waals surface area contributed by atoms with Gasteiger partial charge in [0.1, 0.15) is 0 Å². The topological polar surface area (TPSA) is 54.3 Å². The lowest BCUT2D eigenvalue weighted by atomic mass is 10.1. The van der Waals surface area contributed by atoms with Gasteiger partial charge >= 0.3 is 0 Å². The molecule has 0 spiro atoms. The number of aromatic nitrogens is 3. The molecule has 0 atom stereocenters. The third-order valence-electron chi connectivity index (χ3n) is 6.61. The molecule has 4 aromatic rings. The number of thioether (sulfide) groups is 1. The number of rotatable bonds is 7. The monoisotopic (exact) mass is 485 g/mol. The minimum atomic E-state index is 0.124. The fourth-order valence-corrected chi connectivity index (χ4v) is 5.50. The number of nitrogens with zero attached hydrogens (tertiary/aromatic N) is 5. The van der Waals surface area contributed by atoms with Gasteiger partial charge in [0.2, 0.25) is 0 Å². The number of amides is 1. The number of hydrogen-bond acceptors (Lipinski definition) is 5. The smallest absolute Gasteiger partial charge is 0.253 e. The molecule has 3 heterocycles. The Bertz CT molecular complexity index is 1310. The molecule has 2 aromatic carbocycles. The number of piperazine rings is 1. The molecule has 1 aliphatic heterocycles. The highest BCUT2D eigenvalue weighted by Crippen LogP contribution is 2.28. The first-order valence-corrected chi connectivity index (χ1v) is 13.2. The number of benzene rings is 2. The second kappa shape index (κ2) is 10.6. The minimum Gasteiger partial charge on any atom is -0.336 e. The Morgan fingerprint density at radius 3 is 2.54 bits per heavy atom. The van der Waals surface area contributed by atoms with E-state index in [1.807, 2.05) is 29.3 Å². The lowest BCUT2D eigenvalue weighted by molar-refractivity contribution is 0.0643. The highest BCUT2D eigenvalue weighted by molar-refractivity contribution is 7.98. The van der Waals surface area contributed by atoms with Crippen molar-refractivity contribution in [2.45, 2.75) is 31.3 Å². The van der Waals surface area contributed by atoms with Gasteiger partial charge in [0, 0.05) is 43.7 Å². The van der Waals surface area contributed by atoms with Crippen molar-refractivity contribution in [3.8, 4) is 0 Å². The van der Waals surface area contributed by atoms with Crippen LogP contribution in [0, 0.1) is 6.92 Å². The summed E-state index contributed by atoms with van der Waals surface area (Å²) in [7, 11) is 0. The van der Waals surface area contributed by atoms with Crippen molar-refractivity contribution < 1.29 is 4.79 Å². The highest BCUT2D eigenvalue weighted by atomic mass is 32.2. The number of fused-ring (bicyclic) bond motifs is 1. The normalized spacial score (nSPS) is 14.5. The van der Waals surface area contributed by atoms with E-state index in [0.29, 0.717) is 6.54 Å². The van der Waals surface area contributed by atoms with E-state index in [2.05, 4.69) is 64.7 Å². The standard InChI is InChI=1S/C28H31N5OS/c1-3-31-13-15-32(16-14-31)27(34)24-9-7-22(8-10-24)19-33-26-18-29-12-11-25(26)30-28(33)35-20-23-6-4-5-21(2)17-23/h4-12,17-18H,3,13-16,19-20H2,1-2H3. The first kappa shape index (κ1) is 23.6. The summed E-state index contributed by atoms with van der Waals surface area (Å²) in [5, 5.41) is 0.975. The Morgan fingerprint density at radius 2 is 1.80 bits per heavy atom. The zero-order valence-corrected chi connectivity index (χ0v) is 21.2. The van der Waals surface area contributed by atoms with E-state index in [-0.39, 0.29) is 5.91 Å². The first-order chi connectivity index (χ1) is 17.1. The zero-order chi connectivity index (χ0) is 24.2. The van der Waals surface area contributed by atoms with Gasteiger partial charge in [-0.2, -0.15) is 0 Å². The van der Waals surface area contributed by atoms with Crippen LogP contribution < -0.4 is 0 Å². The molecule has 0 N–H and O–H groups in total. The third-order valence-corrected chi connectivity index (χ3v) is 7.66. The molecule has 0 aliphatic carbocycles. The van der Waals surface area contributed by atoms with E-state index >= 15 is 0 Å². The van der Waals surface area contributed by atoms with Crippen molar-refractivity contribution in [1.29, 1.82) is 0 Å².